The quantitative estimate of drug-likeness (QED) is 0.447. The largest absolute Gasteiger partial charge is 0.304 e. The average molecular weight is 446 g/mol. The summed E-state index contributed by atoms with van der Waals surface area (Å²) in [6.07, 6.45) is 1.57. The molecular formula is C24H24FN7O. The van der Waals surface area contributed by atoms with Crippen molar-refractivity contribution >= 4 is 12.2 Å². The van der Waals surface area contributed by atoms with Gasteiger partial charge in [0.1, 0.15) is 17.4 Å². The van der Waals surface area contributed by atoms with Crippen molar-refractivity contribution in [2.75, 3.05) is 38.7 Å². The van der Waals surface area contributed by atoms with Crippen molar-refractivity contribution in [3.05, 3.63) is 81.4 Å². The second-order valence-corrected chi connectivity index (χ2v) is 7.91. The number of hydrazone groups is 1. The van der Waals surface area contributed by atoms with E-state index in [0.29, 0.717) is 12.1 Å². The Bertz CT molecular complexity index is 1240. The van der Waals surface area contributed by atoms with E-state index in [9.17, 15) is 14.4 Å². The summed E-state index contributed by atoms with van der Waals surface area (Å²) in [6, 6.07) is 15.5. The molecule has 0 unspecified atom stereocenters. The van der Waals surface area contributed by atoms with Crippen LogP contribution < -0.4 is 11.0 Å². The molecule has 2 N–H and O–H groups in total. The molecule has 0 amide bonds. The van der Waals surface area contributed by atoms with Crippen LogP contribution in [0.3, 0.4) is 0 Å². The fourth-order valence-corrected chi connectivity index (χ4v) is 3.68. The summed E-state index contributed by atoms with van der Waals surface area (Å²) in [7, 11) is 2.09. The highest BCUT2D eigenvalue weighted by Crippen LogP contribution is 2.19. The zero-order chi connectivity index (χ0) is 23.2. The molecule has 1 fully saturated rings. The van der Waals surface area contributed by atoms with Gasteiger partial charge in [-0.3, -0.25) is 14.7 Å². The van der Waals surface area contributed by atoms with E-state index >= 15 is 0 Å². The highest BCUT2D eigenvalue weighted by molar-refractivity contribution is 5.82. The van der Waals surface area contributed by atoms with Crippen LogP contribution in [0.1, 0.15) is 16.7 Å². The minimum Gasteiger partial charge on any atom is -0.304 e. The maximum atomic E-state index is 13.9. The van der Waals surface area contributed by atoms with Gasteiger partial charge < -0.3 is 4.90 Å². The van der Waals surface area contributed by atoms with Crippen LogP contribution in [0.4, 0.5) is 10.3 Å². The van der Waals surface area contributed by atoms with Gasteiger partial charge in [0.25, 0.3) is 5.56 Å². The number of hydrogen-bond acceptors (Lipinski definition) is 7. The van der Waals surface area contributed by atoms with Crippen LogP contribution in [-0.2, 0) is 6.54 Å². The Labute approximate surface area is 191 Å². The van der Waals surface area contributed by atoms with E-state index in [4.69, 9.17) is 0 Å². The third-order valence-corrected chi connectivity index (χ3v) is 5.55. The average Bonchev–Trinajstić information content (AvgIpc) is 2.82. The molecule has 0 spiro atoms. The molecule has 4 rings (SSSR count). The molecule has 0 bridgehead atoms. The standard InChI is InChI=1S/C24H24FN7O/c1-31-9-11-32(12-10-31)16-19-13-20(25)8-7-18(19)15-27-30-24-28-22(17-5-3-2-4-6-17)21(14-26)23(33)29-24/h2-8,13,15H,9-12,16H2,1H3,(H2,28,29,30,33). The molecule has 0 radical (unpaired) electrons. The summed E-state index contributed by atoms with van der Waals surface area (Å²) in [6.45, 7) is 4.40. The van der Waals surface area contributed by atoms with Crippen molar-refractivity contribution in [1.82, 2.24) is 19.8 Å². The zero-order valence-corrected chi connectivity index (χ0v) is 18.3. The van der Waals surface area contributed by atoms with Crippen molar-refractivity contribution in [3.8, 4) is 17.3 Å². The van der Waals surface area contributed by atoms with E-state index in [0.717, 1.165) is 37.3 Å². The molecule has 33 heavy (non-hydrogen) atoms. The smallest absolute Gasteiger partial charge is 0.270 e. The topological polar surface area (TPSA) is 100 Å². The van der Waals surface area contributed by atoms with Crippen LogP contribution in [0, 0.1) is 17.1 Å². The lowest BCUT2D eigenvalue weighted by atomic mass is 10.1. The van der Waals surface area contributed by atoms with Gasteiger partial charge >= 0.3 is 0 Å². The number of rotatable bonds is 6. The maximum Gasteiger partial charge on any atom is 0.270 e. The molecular weight excluding hydrogens is 421 g/mol. The minimum atomic E-state index is -0.554. The number of nitrogens with one attached hydrogen (secondary N) is 2. The number of aromatic nitrogens is 2. The number of H-pyrrole nitrogens is 1. The number of piperazine rings is 1. The first-order chi connectivity index (χ1) is 16.0. The lowest BCUT2D eigenvalue weighted by Gasteiger charge is -2.32. The Morgan fingerprint density at radius 3 is 2.70 bits per heavy atom. The summed E-state index contributed by atoms with van der Waals surface area (Å²) in [5.74, 6) is -0.188. The summed E-state index contributed by atoms with van der Waals surface area (Å²) in [5, 5.41) is 13.6. The molecule has 0 atom stereocenters. The lowest BCUT2D eigenvalue weighted by Crippen LogP contribution is -2.44. The molecule has 1 saturated heterocycles. The third kappa shape index (κ3) is 5.49. The van der Waals surface area contributed by atoms with Crippen molar-refractivity contribution in [2.24, 2.45) is 5.10 Å². The van der Waals surface area contributed by atoms with Gasteiger partial charge in [-0.2, -0.15) is 10.4 Å². The molecule has 3 aromatic rings. The molecule has 0 aliphatic carbocycles. The molecule has 9 heteroatoms. The molecule has 168 valence electrons. The molecule has 1 aromatic heterocycles. The Morgan fingerprint density at radius 2 is 1.97 bits per heavy atom. The molecule has 0 saturated carbocycles. The van der Waals surface area contributed by atoms with E-state index < -0.39 is 5.56 Å². The van der Waals surface area contributed by atoms with Gasteiger partial charge in [0.05, 0.1) is 11.9 Å². The van der Waals surface area contributed by atoms with Crippen molar-refractivity contribution in [3.63, 3.8) is 0 Å². The van der Waals surface area contributed by atoms with Crippen LogP contribution in [0.25, 0.3) is 11.3 Å². The fourth-order valence-electron chi connectivity index (χ4n) is 3.68. The zero-order valence-electron chi connectivity index (χ0n) is 18.3. The van der Waals surface area contributed by atoms with E-state index in [1.807, 2.05) is 12.1 Å². The maximum absolute atomic E-state index is 13.9. The number of benzene rings is 2. The van der Waals surface area contributed by atoms with Crippen molar-refractivity contribution < 1.29 is 4.39 Å². The third-order valence-electron chi connectivity index (χ3n) is 5.55. The van der Waals surface area contributed by atoms with Crippen LogP contribution in [0.5, 0.6) is 0 Å². The predicted octanol–water partition coefficient (Wildman–Crippen LogP) is 2.64. The number of nitrogens with zero attached hydrogens (tertiary/aromatic N) is 5. The van der Waals surface area contributed by atoms with Crippen LogP contribution in [0.2, 0.25) is 0 Å². The van der Waals surface area contributed by atoms with Crippen molar-refractivity contribution in [2.45, 2.75) is 6.54 Å². The lowest BCUT2D eigenvalue weighted by molar-refractivity contribution is 0.148. The first-order valence-corrected chi connectivity index (χ1v) is 10.6. The van der Waals surface area contributed by atoms with Gasteiger partial charge in [0, 0.05) is 38.3 Å². The highest BCUT2D eigenvalue weighted by Gasteiger charge is 2.16. The first kappa shape index (κ1) is 22.3. The minimum absolute atomic E-state index is 0.0660. The van der Waals surface area contributed by atoms with Gasteiger partial charge in [-0.1, -0.05) is 36.4 Å². The Morgan fingerprint density at radius 1 is 1.21 bits per heavy atom. The van der Waals surface area contributed by atoms with Gasteiger partial charge in [-0.15, -0.1) is 0 Å². The van der Waals surface area contributed by atoms with Gasteiger partial charge in [-0.05, 0) is 30.3 Å². The number of halogens is 1. The second-order valence-electron chi connectivity index (χ2n) is 7.91. The highest BCUT2D eigenvalue weighted by atomic mass is 19.1. The SMILES string of the molecule is CN1CCN(Cc2cc(F)ccc2C=NNc2nc(-c3ccccc3)c(C#N)c(=O)[nH]2)CC1. The molecule has 1 aliphatic rings. The molecule has 2 aromatic carbocycles. The number of likely N-dealkylation sites (N-methyl/N-ethyl adjacent to an activating group) is 1. The van der Waals surface area contributed by atoms with E-state index in [1.165, 1.54) is 12.1 Å². The van der Waals surface area contributed by atoms with E-state index in [-0.39, 0.29) is 23.0 Å². The summed E-state index contributed by atoms with van der Waals surface area (Å²) in [5.41, 5.74) is 4.63. The normalized spacial score (nSPS) is 14.9. The Balaban J connectivity index is 1.55. The van der Waals surface area contributed by atoms with Crippen LogP contribution >= 0.6 is 0 Å². The predicted molar refractivity (Wildman–Crippen MR) is 125 cm³/mol. The summed E-state index contributed by atoms with van der Waals surface area (Å²) < 4.78 is 13.9. The second kappa shape index (κ2) is 10.2. The van der Waals surface area contributed by atoms with Crippen molar-refractivity contribution in [1.29, 1.82) is 5.26 Å². The van der Waals surface area contributed by atoms with Gasteiger partial charge in [0.15, 0.2) is 0 Å². The van der Waals surface area contributed by atoms with Crippen LogP contribution in [-0.4, -0.2) is 59.2 Å². The van der Waals surface area contributed by atoms with Gasteiger partial charge in [0.2, 0.25) is 5.95 Å². The van der Waals surface area contributed by atoms with Crippen LogP contribution in [0.15, 0.2) is 58.4 Å². The number of anilines is 1. The van der Waals surface area contributed by atoms with Gasteiger partial charge in [-0.25, -0.2) is 14.8 Å². The van der Waals surface area contributed by atoms with E-state index in [1.54, 1.807) is 36.5 Å². The Hall–Kier alpha value is -3.87. The fraction of sp³-hybridized carbons (Fsp3) is 0.250. The summed E-state index contributed by atoms with van der Waals surface area (Å²) >= 11 is 0. The van der Waals surface area contributed by atoms with E-state index in [2.05, 4.69) is 37.3 Å². The summed E-state index contributed by atoms with van der Waals surface area (Å²) in [4.78, 5) is 23.8. The first-order valence-electron chi connectivity index (χ1n) is 10.6. The Kier molecular flexibility index (Phi) is 6.88. The molecule has 8 nitrogen and oxygen atoms in total. The monoisotopic (exact) mass is 445 g/mol. The molecule has 2 heterocycles. The number of nitriles is 1. The number of aromatic amines is 1. The molecule has 1 aliphatic heterocycles. The number of hydrogen-bond donors (Lipinski definition) is 2.